The van der Waals surface area contributed by atoms with E-state index in [1.165, 1.54) is 0 Å². The SMILES string of the molecule is Cc1cc(S(=O)(=O)NC(CC(=O)O)C(C)C)sc1Br. The summed E-state index contributed by atoms with van der Waals surface area (Å²) in [5.74, 6) is -1.12. The molecule has 1 aromatic heterocycles. The van der Waals surface area contributed by atoms with Crippen molar-refractivity contribution in [3.05, 3.63) is 15.4 Å². The van der Waals surface area contributed by atoms with Crippen LogP contribution in [0.5, 0.6) is 0 Å². The minimum Gasteiger partial charge on any atom is -0.481 e. The van der Waals surface area contributed by atoms with Crippen LogP contribution >= 0.6 is 27.3 Å². The van der Waals surface area contributed by atoms with Gasteiger partial charge in [0.25, 0.3) is 0 Å². The summed E-state index contributed by atoms with van der Waals surface area (Å²) in [7, 11) is -3.68. The third-order valence-corrected chi connectivity index (χ3v) is 6.71. The molecule has 108 valence electrons. The molecule has 1 atom stereocenters. The normalized spacial score (nSPS) is 13.7. The van der Waals surface area contributed by atoms with E-state index in [9.17, 15) is 13.2 Å². The van der Waals surface area contributed by atoms with Crippen LogP contribution in [0.2, 0.25) is 0 Å². The molecule has 0 bridgehead atoms. The predicted octanol–water partition coefficient (Wildman–Crippen LogP) is 2.60. The maximum Gasteiger partial charge on any atom is 0.304 e. The van der Waals surface area contributed by atoms with Crippen molar-refractivity contribution in [3.63, 3.8) is 0 Å². The summed E-state index contributed by atoms with van der Waals surface area (Å²) in [6.45, 7) is 5.37. The Bertz CT molecular complexity index is 546. The molecule has 0 fully saturated rings. The molecule has 8 heteroatoms. The highest BCUT2D eigenvalue weighted by Crippen LogP contribution is 2.30. The molecule has 5 nitrogen and oxygen atoms in total. The van der Waals surface area contributed by atoms with E-state index in [0.29, 0.717) is 0 Å². The summed E-state index contributed by atoms with van der Waals surface area (Å²) < 4.78 is 27.8. The molecule has 2 N–H and O–H groups in total. The maximum atomic E-state index is 12.2. The average Bonchev–Trinajstić information content (AvgIpc) is 2.58. The topological polar surface area (TPSA) is 83.5 Å². The van der Waals surface area contributed by atoms with Gasteiger partial charge in [-0.2, -0.15) is 0 Å². The van der Waals surface area contributed by atoms with E-state index in [1.54, 1.807) is 26.8 Å². The van der Waals surface area contributed by atoms with E-state index >= 15 is 0 Å². The van der Waals surface area contributed by atoms with Crippen molar-refractivity contribution in [1.82, 2.24) is 4.72 Å². The lowest BCUT2D eigenvalue weighted by molar-refractivity contribution is -0.137. The summed E-state index contributed by atoms with van der Waals surface area (Å²) in [6.07, 6.45) is -0.234. The molecule has 1 rings (SSSR count). The van der Waals surface area contributed by atoms with Crippen LogP contribution in [0.15, 0.2) is 14.1 Å². The zero-order valence-electron chi connectivity index (χ0n) is 10.8. The van der Waals surface area contributed by atoms with Gasteiger partial charge in [-0.1, -0.05) is 13.8 Å². The number of aliphatic carboxylic acids is 1. The van der Waals surface area contributed by atoms with Crippen LogP contribution in [0.25, 0.3) is 0 Å². The van der Waals surface area contributed by atoms with Gasteiger partial charge >= 0.3 is 5.97 Å². The number of carbonyl (C=O) groups is 1. The van der Waals surface area contributed by atoms with Crippen LogP contribution in [0.3, 0.4) is 0 Å². The van der Waals surface area contributed by atoms with Crippen molar-refractivity contribution in [2.45, 2.75) is 37.4 Å². The molecular formula is C11H16BrNO4S2. The van der Waals surface area contributed by atoms with Crippen molar-refractivity contribution in [2.24, 2.45) is 5.92 Å². The largest absolute Gasteiger partial charge is 0.481 e. The molecule has 0 saturated carbocycles. The molecule has 0 aliphatic heterocycles. The molecule has 1 unspecified atom stereocenters. The van der Waals surface area contributed by atoms with Crippen LogP contribution in [-0.2, 0) is 14.8 Å². The number of aryl methyl sites for hydroxylation is 1. The van der Waals surface area contributed by atoms with Gasteiger partial charge in [0, 0.05) is 6.04 Å². The predicted molar refractivity (Wildman–Crippen MR) is 78.0 cm³/mol. The van der Waals surface area contributed by atoms with Crippen LogP contribution < -0.4 is 4.72 Å². The van der Waals surface area contributed by atoms with Gasteiger partial charge in [0.2, 0.25) is 10.0 Å². The Morgan fingerprint density at radius 1 is 1.53 bits per heavy atom. The van der Waals surface area contributed by atoms with Crippen LogP contribution in [-0.4, -0.2) is 25.5 Å². The fourth-order valence-corrected chi connectivity index (χ4v) is 5.05. The number of hydrogen-bond acceptors (Lipinski definition) is 4. The Morgan fingerprint density at radius 3 is 2.47 bits per heavy atom. The van der Waals surface area contributed by atoms with Gasteiger partial charge in [0.05, 0.1) is 10.2 Å². The van der Waals surface area contributed by atoms with Gasteiger partial charge < -0.3 is 5.11 Å². The Morgan fingerprint density at radius 2 is 2.11 bits per heavy atom. The average molecular weight is 370 g/mol. The fourth-order valence-electron chi connectivity index (χ4n) is 1.42. The number of nitrogens with one attached hydrogen (secondary N) is 1. The molecule has 0 amide bonds. The van der Waals surface area contributed by atoms with Gasteiger partial charge in [0.1, 0.15) is 4.21 Å². The van der Waals surface area contributed by atoms with Gasteiger partial charge in [-0.05, 0) is 40.4 Å². The molecule has 0 radical (unpaired) electrons. The Labute approximate surface area is 125 Å². The Hall–Kier alpha value is -0.440. The van der Waals surface area contributed by atoms with Gasteiger partial charge in [-0.15, -0.1) is 11.3 Å². The number of sulfonamides is 1. The van der Waals surface area contributed by atoms with E-state index < -0.39 is 22.0 Å². The monoisotopic (exact) mass is 369 g/mol. The minimum absolute atomic E-state index is 0.102. The number of rotatable bonds is 6. The van der Waals surface area contributed by atoms with E-state index in [4.69, 9.17) is 5.11 Å². The summed E-state index contributed by atoms with van der Waals surface area (Å²) >= 11 is 4.39. The lowest BCUT2D eigenvalue weighted by Gasteiger charge is -2.19. The Balaban J connectivity index is 2.97. The molecule has 19 heavy (non-hydrogen) atoms. The van der Waals surface area contributed by atoms with Gasteiger partial charge in [-0.25, -0.2) is 13.1 Å². The van der Waals surface area contributed by atoms with Crippen molar-refractivity contribution in [2.75, 3.05) is 0 Å². The molecule has 0 spiro atoms. The van der Waals surface area contributed by atoms with Crippen molar-refractivity contribution in [3.8, 4) is 0 Å². The first-order chi connectivity index (χ1) is 8.63. The maximum absolute atomic E-state index is 12.2. The van der Waals surface area contributed by atoms with Crippen LogP contribution in [0.1, 0.15) is 25.8 Å². The highest BCUT2D eigenvalue weighted by molar-refractivity contribution is 9.11. The summed E-state index contributed by atoms with van der Waals surface area (Å²) in [5, 5.41) is 8.81. The number of hydrogen-bond donors (Lipinski definition) is 2. The number of carboxylic acids is 1. The third kappa shape index (κ3) is 4.55. The lowest BCUT2D eigenvalue weighted by atomic mass is 10.0. The molecule has 0 aromatic carbocycles. The first-order valence-electron chi connectivity index (χ1n) is 5.63. The summed E-state index contributed by atoms with van der Waals surface area (Å²) in [5.41, 5.74) is 0.838. The van der Waals surface area contributed by atoms with Crippen molar-refractivity contribution in [1.29, 1.82) is 0 Å². The second kappa shape index (κ2) is 6.34. The van der Waals surface area contributed by atoms with Crippen LogP contribution in [0.4, 0.5) is 0 Å². The van der Waals surface area contributed by atoms with Crippen molar-refractivity contribution >= 4 is 43.3 Å². The summed E-state index contributed by atoms with van der Waals surface area (Å²) in [4.78, 5) is 10.8. The molecule has 0 aliphatic rings. The molecule has 0 aliphatic carbocycles. The lowest BCUT2D eigenvalue weighted by Crippen LogP contribution is -2.39. The van der Waals surface area contributed by atoms with E-state index in [0.717, 1.165) is 20.7 Å². The van der Waals surface area contributed by atoms with Gasteiger partial charge in [-0.3, -0.25) is 4.79 Å². The molecule has 1 aromatic rings. The van der Waals surface area contributed by atoms with Gasteiger partial charge in [0.15, 0.2) is 0 Å². The zero-order chi connectivity index (χ0) is 14.8. The second-order valence-electron chi connectivity index (χ2n) is 4.59. The summed E-state index contributed by atoms with van der Waals surface area (Å²) in [6, 6.07) is 0.943. The number of carboxylic acid groups (broad SMARTS) is 1. The minimum atomic E-state index is -3.68. The highest BCUT2D eigenvalue weighted by atomic mass is 79.9. The molecular weight excluding hydrogens is 354 g/mol. The third-order valence-electron chi connectivity index (χ3n) is 2.61. The second-order valence-corrected chi connectivity index (χ2v) is 8.90. The first kappa shape index (κ1) is 16.6. The fraction of sp³-hybridized carbons (Fsp3) is 0.545. The Kier molecular flexibility index (Phi) is 5.54. The van der Waals surface area contributed by atoms with E-state index in [-0.39, 0.29) is 16.5 Å². The van der Waals surface area contributed by atoms with Crippen molar-refractivity contribution < 1.29 is 18.3 Å². The number of thiophene rings is 1. The molecule has 1 heterocycles. The first-order valence-corrected chi connectivity index (χ1v) is 8.73. The van der Waals surface area contributed by atoms with Crippen LogP contribution in [0, 0.1) is 12.8 Å². The standard InChI is InChI=1S/C11H16BrNO4S2/c1-6(2)8(5-9(14)15)13-19(16,17)10-4-7(3)11(12)18-10/h4,6,8,13H,5H2,1-3H3,(H,14,15). The van der Waals surface area contributed by atoms with E-state index in [1.807, 2.05) is 0 Å². The zero-order valence-corrected chi connectivity index (χ0v) is 14.0. The highest BCUT2D eigenvalue weighted by Gasteiger charge is 2.26. The van der Waals surface area contributed by atoms with E-state index in [2.05, 4.69) is 20.7 Å². The number of halogens is 1. The quantitative estimate of drug-likeness (QED) is 0.806. The smallest absolute Gasteiger partial charge is 0.304 e. The molecule has 0 saturated heterocycles.